The number of carbonyl (C=O) groups is 4. The Bertz CT molecular complexity index is 1740. The van der Waals surface area contributed by atoms with Crippen LogP contribution in [0.2, 0.25) is 0 Å². The number of aliphatic hydroxyl groups is 1. The van der Waals surface area contributed by atoms with Crippen molar-refractivity contribution >= 4 is 39.5 Å². The predicted octanol–water partition coefficient (Wildman–Crippen LogP) is 20.5. The molecule has 0 aliphatic rings. The molecule has 17 nitrogen and oxygen atoms in total. The van der Waals surface area contributed by atoms with Crippen LogP contribution in [0.1, 0.15) is 369 Å². The molecule has 0 bridgehead atoms. The summed E-state index contributed by atoms with van der Waals surface area (Å²) < 4.78 is 68.3. The normalized spacial score (nSPS) is 14.1. The second-order valence-electron chi connectivity index (χ2n) is 26.1. The number of aliphatic hydroxyl groups excluding tert-OH is 1. The van der Waals surface area contributed by atoms with Crippen LogP contribution in [-0.4, -0.2) is 96.7 Å². The monoisotopic (exact) mass is 1320 g/mol. The van der Waals surface area contributed by atoms with Crippen LogP contribution in [0, 0.1) is 5.92 Å². The van der Waals surface area contributed by atoms with Gasteiger partial charge in [0, 0.05) is 25.7 Å². The smallest absolute Gasteiger partial charge is 0.462 e. The van der Waals surface area contributed by atoms with Gasteiger partial charge in [-0.1, -0.05) is 317 Å². The van der Waals surface area contributed by atoms with Crippen molar-refractivity contribution in [2.45, 2.75) is 387 Å². The number of phosphoric acid groups is 2. The summed E-state index contributed by atoms with van der Waals surface area (Å²) in [5.74, 6) is -1.36. The van der Waals surface area contributed by atoms with Crippen LogP contribution in [-0.2, 0) is 65.4 Å². The Balaban J connectivity index is 5.22. The van der Waals surface area contributed by atoms with Crippen molar-refractivity contribution in [3.63, 3.8) is 0 Å². The maximum Gasteiger partial charge on any atom is 0.472 e. The first-order chi connectivity index (χ1) is 43.5. The zero-order valence-corrected chi connectivity index (χ0v) is 60.1. The van der Waals surface area contributed by atoms with E-state index in [1.807, 2.05) is 0 Å². The summed E-state index contributed by atoms with van der Waals surface area (Å²) in [5, 5.41) is 10.6. The number of hydrogen-bond donors (Lipinski definition) is 3. The van der Waals surface area contributed by atoms with E-state index in [0.29, 0.717) is 25.7 Å². The van der Waals surface area contributed by atoms with Gasteiger partial charge in [-0.15, -0.1) is 0 Å². The first-order valence-corrected chi connectivity index (χ1v) is 40.1. The molecule has 2 unspecified atom stereocenters. The highest BCUT2D eigenvalue weighted by molar-refractivity contribution is 7.47. The largest absolute Gasteiger partial charge is 0.472 e. The Kier molecular flexibility index (Phi) is 63.0. The minimum Gasteiger partial charge on any atom is -0.462 e. The van der Waals surface area contributed by atoms with E-state index in [9.17, 15) is 43.2 Å². The fourth-order valence-electron chi connectivity index (χ4n) is 10.8. The number of unbranched alkanes of at least 4 members (excludes halogenated alkanes) is 43. The van der Waals surface area contributed by atoms with E-state index < -0.39 is 97.5 Å². The third kappa shape index (κ3) is 64.8. The Morgan fingerprint density at radius 3 is 0.756 bits per heavy atom. The van der Waals surface area contributed by atoms with Crippen LogP contribution >= 0.6 is 15.6 Å². The SMILES string of the molecule is CCCCCCCCCCCCCCCCC(=O)OC[C@H](COP(=O)(O)OC[C@@H](O)COP(=O)(O)OC[C@@H](COC(=O)CCCCCCCCCC)OC(=O)CCCCCCCCCCCCCCCC)OC(=O)CCCCCCCCCCCCCC(C)C. The fraction of sp³-hybridized carbons (Fsp3) is 0.944. The molecule has 0 aromatic carbocycles. The number of phosphoric ester groups is 2. The van der Waals surface area contributed by atoms with E-state index in [1.165, 1.54) is 186 Å². The van der Waals surface area contributed by atoms with E-state index in [-0.39, 0.29) is 25.7 Å². The standard InChI is InChI=1S/C71H138O17P2/c1-6-9-12-15-18-21-23-25-27-31-35-40-45-50-55-69(74)82-61-67(88-71(76)57-52-47-42-37-33-29-30-34-38-43-48-53-64(4)5)63-86-90(79,80)84-59-65(72)58-83-89(77,78)85-62-66(60-81-68(73)54-49-44-39-20-17-14-11-8-3)87-70(75)56-51-46-41-36-32-28-26-24-22-19-16-13-10-7-2/h64-67,72H,6-63H2,1-5H3,(H,77,78)(H,79,80)/t65-,66+,67+/m0/s1. The van der Waals surface area contributed by atoms with Gasteiger partial charge in [-0.05, 0) is 31.6 Å². The fourth-order valence-corrected chi connectivity index (χ4v) is 12.4. The summed E-state index contributed by atoms with van der Waals surface area (Å²) in [4.78, 5) is 72.5. The molecule has 534 valence electrons. The molecule has 19 heteroatoms. The highest BCUT2D eigenvalue weighted by atomic mass is 31.2. The molecule has 0 heterocycles. The molecule has 0 amide bonds. The van der Waals surface area contributed by atoms with Gasteiger partial charge in [-0.3, -0.25) is 37.3 Å². The molecule has 90 heavy (non-hydrogen) atoms. The maximum atomic E-state index is 13.0. The van der Waals surface area contributed by atoms with Gasteiger partial charge in [0.15, 0.2) is 12.2 Å². The summed E-state index contributed by atoms with van der Waals surface area (Å²) in [5.41, 5.74) is 0. The summed E-state index contributed by atoms with van der Waals surface area (Å²) >= 11 is 0. The van der Waals surface area contributed by atoms with Gasteiger partial charge in [-0.2, -0.15) is 0 Å². The second-order valence-corrected chi connectivity index (χ2v) is 29.0. The average Bonchev–Trinajstić information content (AvgIpc) is 3.37. The number of ether oxygens (including phenoxy) is 4. The molecule has 0 aliphatic heterocycles. The van der Waals surface area contributed by atoms with E-state index in [1.54, 1.807) is 0 Å². The number of rotatable bonds is 71. The first-order valence-electron chi connectivity index (χ1n) is 37.1. The molecular weight excluding hydrogens is 1190 g/mol. The van der Waals surface area contributed by atoms with Crippen molar-refractivity contribution < 1.29 is 80.2 Å². The summed E-state index contributed by atoms with van der Waals surface area (Å²) in [6, 6.07) is 0. The Hall–Kier alpha value is -1.94. The predicted molar refractivity (Wildman–Crippen MR) is 363 cm³/mol. The van der Waals surface area contributed by atoms with Crippen LogP contribution in [0.3, 0.4) is 0 Å². The van der Waals surface area contributed by atoms with Gasteiger partial charge in [0.2, 0.25) is 0 Å². The molecular formula is C71H138O17P2. The second kappa shape index (κ2) is 64.4. The Morgan fingerprint density at radius 1 is 0.300 bits per heavy atom. The number of hydrogen-bond acceptors (Lipinski definition) is 15. The van der Waals surface area contributed by atoms with Crippen molar-refractivity contribution in [3.8, 4) is 0 Å². The van der Waals surface area contributed by atoms with Gasteiger partial charge in [-0.25, -0.2) is 9.13 Å². The third-order valence-corrected chi connectivity index (χ3v) is 18.4. The highest BCUT2D eigenvalue weighted by Crippen LogP contribution is 2.45. The van der Waals surface area contributed by atoms with Gasteiger partial charge in [0.1, 0.15) is 19.3 Å². The average molecular weight is 1330 g/mol. The van der Waals surface area contributed by atoms with Crippen molar-refractivity contribution in [2.24, 2.45) is 5.92 Å². The molecule has 5 atom stereocenters. The zero-order valence-electron chi connectivity index (χ0n) is 58.3. The Labute approximate surface area is 549 Å². The minimum atomic E-state index is -4.95. The van der Waals surface area contributed by atoms with Gasteiger partial charge in [0.05, 0.1) is 26.4 Å². The van der Waals surface area contributed by atoms with Gasteiger partial charge in [0.25, 0.3) is 0 Å². The van der Waals surface area contributed by atoms with Crippen LogP contribution in [0.5, 0.6) is 0 Å². The summed E-state index contributed by atoms with van der Waals surface area (Å²) in [6.07, 6.45) is 51.2. The van der Waals surface area contributed by atoms with Crippen LogP contribution in [0.4, 0.5) is 0 Å². The lowest BCUT2D eigenvalue weighted by molar-refractivity contribution is -0.161. The molecule has 0 spiro atoms. The quantitative estimate of drug-likeness (QED) is 0.0222. The molecule has 0 aliphatic carbocycles. The van der Waals surface area contributed by atoms with Crippen molar-refractivity contribution in [1.29, 1.82) is 0 Å². The lowest BCUT2D eigenvalue weighted by Gasteiger charge is -2.21. The lowest BCUT2D eigenvalue weighted by atomic mass is 10.0. The topological polar surface area (TPSA) is 237 Å². The van der Waals surface area contributed by atoms with Crippen LogP contribution in [0.15, 0.2) is 0 Å². The van der Waals surface area contributed by atoms with Crippen molar-refractivity contribution in [1.82, 2.24) is 0 Å². The van der Waals surface area contributed by atoms with Crippen molar-refractivity contribution in [3.05, 3.63) is 0 Å². The third-order valence-electron chi connectivity index (χ3n) is 16.5. The van der Waals surface area contributed by atoms with E-state index in [0.717, 1.165) is 102 Å². The van der Waals surface area contributed by atoms with Gasteiger partial charge >= 0.3 is 39.5 Å². The molecule has 0 aromatic rings. The first kappa shape index (κ1) is 88.1. The minimum absolute atomic E-state index is 0.107. The lowest BCUT2D eigenvalue weighted by Crippen LogP contribution is -2.30. The van der Waals surface area contributed by atoms with Crippen LogP contribution < -0.4 is 0 Å². The molecule has 0 rings (SSSR count). The molecule has 0 fully saturated rings. The maximum absolute atomic E-state index is 13.0. The molecule has 0 aromatic heterocycles. The highest BCUT2D eigenvalue weighted by Gasteiger charge is 2.30. The van der Waals surface area contributed by atoms with Gasteiger partial charge < -0.3 is 33.8 Å². The molecule has 0 saturated carbocycles. The van der Waals surface area contributed by atoms with E-state index in [2.05, 4.69) is 34.6 Å². The van der Waals surface area contributed by atoms with Crippen molar-refractivity contribution in [2.75, 3.05) is 39.6 Å². The van der Waals surface area contributed by atoms with E-state index in [4.69, 9.17) is 37.0 Å². The molecule has 0 radical (unpaired) electrons. The number of esters is 4. The van der Waals surface area contributed by atoms with Crippen LogP contribution in [0.25, 0.3) is 0 Å². The summed E-state index contributed by atoms with van der Waals surface area (Å²) in [7, 11) is -9.90. The molecule has 3 N–H and O–H groups in total. The molecule has 0 saturated heterocycles. The zero-order chi connectivity index (χ0) is 66.3. The summed E-state index contributed by atoms with van der Waals surface area (Å²) in [6.45, 7) is 7.24. The Morgan fingerprint density at radius 2 is 0.511 bits per heavy atom. The number of carbonyl (C=O) groups excluding carboxylic acids is 4. The van der Waals surface area contributed by atoms with E-state index >= 15 is 0 Å².